The highest BCUT2D eigenvalue weighted by atomic mass is 35.5. The molecule has 6 heteroatoms. The first kappa shape index (κ1) is 10.5. The Morgan fingerprint density at radius 3 is 2.81 bits per heavy atom. The number of aromatic nitrogens is 2. The zero-order valence-electron chi connectivity index (χ0n) is 7.98. The fourth-order valence-electron chi connectivity index (χ4n) is 1.30. The van der Waals surface area contributed by atoms with Crippen molar-refractivity contribution < 1.29 is 4.39 Å². The molecule has 0 radical (unpaired) electrons. The molecule has 0 fully saturated rings. The molecule has 0 saturated heterocycles. The number of halogens is 2. The van der Waals surface area contributed by atoms with Crippen molar-refractivity contribution in [3.05, 3.63) is 40.8 Å². The molecule has 1 heterocycles. The zero-order chi connectivity index (χ0) is 11.7. The summed E-state index contributed by atoms with van der Waals surface area (Å²) in [7, 11) is 0. The predicted octanol–water partition coefficient (Wildman–Crippen LogP) is 2.12. The smallest absolute Gasteiger partial charge is 0.164 e. The van der Waals surface area contributed by atoms with E-state index in [9.17, 15) is 4.39 Å². The van der Waals surface area contributed by atoms with Crippen molar-refractivity contribution in [3.8, 4) is 11.8 Å². The topological polar surface area (TPSA) is 67.6 Å². The van der Waals surface area contributed by atoms with Crippen molar-refractivity contribution in [1.82, 2.24) is 9.78 Å². The second-order valence-electron chi connectivity index (χ2n) is 3.05. The van der Waals surface area contributed by atoms with E-state index in [1.54, 1.807) is 12.1 Å². The van der Waals surface area contributed by atoms with Crippen molar-refractivity contribution >= 4 is 17.4 Å². The number of hydrogen-bond acceptors (Lipinski definition) is 3. The van der Waals surface area contributed by atoms with E-state index in [2.05, 4.69) is 5.10 Å². The Kier molecular flexibility index (Phi) is 2.50. The molecule has 2 N–H and O–H groups in total. The van der Waals surface area contributed by atoms with Crippen LogP contribution in [0.3, 0.4) is 0 Å². The Morgan fingerprint density at radius 1 is 1.50 bits per heavy atom. The molecule has 0 unspecified atom stereocenters. The van der Waals surface area contributed by atoms with Gasteiger partial charge in [-0.25, -0.2) is 9.07 Å². The zero-order valence-corrected chi connectivity index (χ0v) is 8.74. The number of nitrogens with two attached hydrogens (primary N) is 1. The molecule has 0 aliphatic heterocycles. The molecular weight excluding hydrogens is 231 g/mol. The van der Waals surface area contributed by atoms with E-state index < -0.39 is 5.82 Å². The summed E-state index contributed by atoms with van der Waals surface area (Å²) in [6.45, 7) is 0. The summed E-state index contributed by atoms with van der Waals surface area (Å²) in [6, 6.07) is 6.02. The number of rotatable bonds is 1. The highest BCUT2D eigenvalue weighted by molar-refractivity contribution is 6.32. The minimum atomic E-state index is -0.606. The van der Waals surface area contributed by atoms with Gasteiger partial charge in [0, 0.05) is 0 Å². The van der Waals surface area contributed by atoms with E-state index in [0.29, 0.717) is 5.69 Å². The molecule has 0 amide bonds. The quantitative estimate of drug-likeness (QED) is 0.825. The number of hydrogen-bond donors (Lipinski definition) is 1. The van der Waals surface area contributed by atoms with Gasteiger partial charge < -0.3 is 5.73 Å². The van der Waals surface area contributed by atoms with E-state index in [-0.39, 0.29) is 16.4 Å². The molecule has 0 spiro atoms. The lowest BCUT2D eigenvalue weighted by Crippen LogP contribution is -2.00. The van der Waals surface area contributed by atoms with Crippen LogP contribution in [-0.2, 0) is 0 Å². The minimum Gasteiger partial charge on any atom is -0.381 e. The van der Waals surface area contributed by atoms with E-state index in [1.807, 2.05) is 0 Å². The standard InChI is InChI=1S/C10H6ClFN4/c11-7-5-16(15-10(7)14)9-3-1-2-8(12)6(9)4-13/h1-3,5H,(H2,14,15). The summed E-state index contributed by atoms with van der Waals surface area (Å²) >= 11 is 5.73. The Hall–Kier alpha value is -2.06. The highest BCUT2D eigenvalue weighted by Crippen LogP contribution is 2.21. The normalized spacial score (nSPS) is 10.1. The Labute approximate surface area is 95.7 Å². The van der Waals surface area contributed by atoms with E-state index in [0.717, 1.165) is 0 Å². The van der Waals surface area contributed by atoms with Crippen molar-refractivity contribution in [2.75, 3.05) is 5.73 Å². The second kappa shape index (κ2) is 3.83. The Balaban J connectivity index is 2.65. The third-order valence-electron chi connectivity index (χ3n) is 2.05. The average molecular weight is 237 g/mol. The molecule has 80 valence electrons. The van der Waals surface area contributed by atoms with E-state index in [1.165, 1.54) is 23.0 Å². The monoisotopic (exact) mass is 236 g/mol. The van der Waals surface area contributed by atoms with Crippen LogP contribution >= 0.6 is 11.6 Å². The molecule has 0 saturated carbocycles. The summed E-state index contributed by atoms with van der Waals surface area (Å²) in [5, 5.41) is 13.0. The van der Waals surface area contributed by atoms with Gasteiger partial charge in [-0.3, -0.25) is 0 Å². The molecule has 4 nitrogen and oxygen atoms in total. The van der Waals surface area contributed by atoms with Crippen molar-refractivity contribution in [1.29, 1.82) is 5.26 Å². The van der Waals surface area contributed by atoms with Gasteiger partial charge in [0.25, 0.3) is 0 Å². The number of nitriles is 1. The summed E-state index contributed by atoms with van der Waals surface area (Å²) < 4.78 is 14.6. The van der Waals surface area contributed by atoms with Gasteiger partial charge in [0.1, 0.15) is 22.5 Å². The average Bonchev–Trinajstić information content (AvgIpc) is 2.59. The van der Waals surface area contributed by atoms with Crippen molar-refractivity contribution in [2.24, 2.45) is 0 Å². The molecule has 0 aliphatic carbocycles. The van der Waals surface area contributed by atoms with Gasteiger partial charge in [0.2, 0.25) is 0 Å². The summed E-state index contributed by atoms with van der Waals surface area (Å²) in [4.78, 5) is 0. The first-order chi connectivity index (χ1) is 7.63. The maximum absolute atomic E-state index is 13.3. The first-order valence-corrected chi connectivity index (χ1v) is 4.71. The summed E-state index contributed by atoms with van der Waals surface area (Å²) in [6.07, 6.45) is 1.42. The number of anilines is 1. The van der Waals surface area contributed by atoms with Crippen LogP contribution in [0, 0.1) is 17.1 Å². The van der Waals surface area contributed by atoms with Gasteiger partial charge in [-0.1, -0.05) is 17.7 Å². The number of benzene rings is 1. The summed E-state index contributed by atoms with van der Waals surface area (Å²) in [5.41, 5.74) is 5.68. The first-order valence-electron chi connectivity index (χ1n) is 4.33. The Morgan fingerprint density at radius 2 is 2.25 bits per heavy atom. The van der Waals surface area contributed by atoms with Crippen molar-refractivity contribution in [2.45, 2.75) is 0 Å². The lowest BCUT2D eigenvalue weighted by molar-refractivity contribution is 0.621. The molecule has 0 atom stereocenters. The van der Waals surface area contributed by atoms with Crippen LogP contribution < -0.4 is 5.73 Å². The van der Waals surface area contributed by atoms with Crippen LogP contribution in [0.25, 0.3) is 5.69 Å². The number of nitrogens with zero attached hydrogens (tertiary/aromatic N) is 3. The van der Waals surface area contributed by atoms with Crippen LogP contribution in [0.2, 0.25) is 5.02 Å². The Bertz CT molecular complexity index is 565. The van der Waals surface area contributed by atoms with Crippen LogP contribution in [0.4, 0.5) is 10.2 Å². The molecule has 1 aromatic heterocycles. The minimum absolute atomic E-state index is 0.0957. The molecule has 1 aromatic carbocycles. The van der Waals surface area contributed by atoms with E-state index in [4.69, 9.17) is 22.6 Å². The SMILES string of the molecule is N#Cc1c(F)cccc1-n1cc(Cl)c(N)n1. The third kappa shape index (κ3) is 1.59. The fraction of sp³-hybridized carbons (Fsp3) is 0. The van der Waals surface area contributed by atoms with Gasteiger partial charge in [-0.15, -0.1) is 5.10 Å². The maximum atomic E-state index is 13.3. The van der Waals surface area contributed by atoms with Crippen LogP contribution in [-0.4, -0.2) is 9.78 Å². The second-order valence-corrected chi connectivity index (χ2v) is 3.46. The summed E-state index contributed by atoms with van der Waals surface area (Å²) in [5.74, 6) is -0.472. The highest BCUT2D eigenvalue weighted by Gasteiger charge is 2.12. The molecule has 2 aromatic rings. The van der Waals surface area contributed by atoms with Gasteiger partial charge in [0.05, 0.1) is 11.9 Å². The lowest BCUT2D eigenvalue weighted by Gasteiger charge is -2.03. The molecule has 0 bridgehead atoms. The molecular formula is C10H6ClFN4. The van der Waals surface area contributed by atoms with Crippen molar-refractivity contribution in [3.63, 3.8) is 0 Å². The van der Waals surface area contributed by atoms with Gasteiger partial charge in [-0.2, -0.15) is 5.26 Å². The molecule has 0 aliphatic rings. The molecule has 16 heavy (non-hydrogen) atoms. The van der Waals surface area contributed by atoms with Gasteiger partial charge in [-0.05, 0) is 12.1 Å². The fourth-order valence-corrected chi connectivity index (χ4v) is 1.43. The van der Waals surface area contributed by atoms with Gasteiger partial charge in [0.15, 0.2) is 5.82 Å². The lowest BCUT2D eigenvalue weighted by atomic mass is 10.2. The van der Waals surface area contributed by atoms with Crippen LogP contribution in [0.15, 0.2) is 24.4 Å². The maximum Gasteiger partial charge on any atom is 0.164 e. The largest absolute Gasteiger partial charge is 0.381 e. The van der Waals surface area contributed by atoms with E-state index >= 15 is 0 Å². The van der Waals surface area contributed by atoms with Crippen LogP contribution in [0.5, 0.6) is 0 Å². The predicted molar refractivity (Wildman–Crippen MR) is 57.7 cm³/mol. The third-order valence-corrected chi connectivity index (χ3v) is 2.34. The number of nitrogen functional groups attached to an aromatic ring is 1. The van der Waals surface area contributed by atoms with Crippen LogP contribution in [0.1, 0.15) is 5.56 Å². The van der Waals surface area contributed by atoms with Gasteiger partial charge >= 0.3 is 0 Å². The molecule has 2 rings (SSSR count).